The van der Waals surface area contributed by atoms with Gasteiger partial charge in [-0.05, 0) is 83.5 Å². The van der Waals surface area contributed by atoms with Crippen LogP contribution in [0.25, 0.3) is 0 Å². The Bertz CT molecular complexity index is 1430. The minimum absolute atomic E-state index is 0.0796. The number of hydrogen-bond donors (Lipinski definition) is 0. The van der Waals surface area contributed by atoms with E-state index in [9.17, 15) is 14.4 Å². The molecule has 0 saturated heterocycles. The predicted octanol–water partition coefficient (Wildman–Crippen LogP) is 24.3. The Morgan fingerprint density at radius 1 is 0.263 bits per heavy atom. The van der Waals surface area contributed by atoms with Crippen molar-refractivity contribution < 1.29 is 28.6 Å². The van der Waals surface area contributed by atoms with Gasteiger partial charge in [0.25, 0.3) is 0 Å². The third kappa shape index (κ3) is 65.9. The molecule has 0 aliphatic carbocycles. The van der Waals surface area contributed by atoms with Crippen LogP contribution in [0, 0.1) is 0 Å². The summed E-state index contributed by atoms with van der Waals surface area (Å²) in [5.74, 6) is -0.882. The number of ether oxygens (including phenoxy) is 3. The molecule has 1 unspecified atom stereocenters. The molecule has 1 atom stereocenters. The Hall–Kier alpha value is -2.89. The SMILES string of the molecule is CC/C=C\C/C=C\C/C=C\CCCCCCCCCC(=O)OC(COC(=O)CCCCCCC/C=C\C/C=C\CCCCCC)COC(=O)CCCCCCCCCCCCCCCCCCCCCCCCCCCCCCC. The zero-order valence-corrected chi connectivity index (χ0v) is 53.6. The van der Waals surface area contributed by atoms with Crippen LogP contribution < -0.4 is 0 Å². The maximum Gasteiger partial charge on any atom is 0.306 e. The number of carbonyl (C=O) groups is 3. The maximum absolute atomic E-state index is 12.9. The highest BCUT2D eigenvalue weighted by molar-refractivity contribution is 5.71. The van der Waals surface area contributed by atoms with Gasteiger partial charge in [0, 0.05) is 19.3 Å². The molecule has 466 valence electrons. The Morgan fingerprint density at radius 3 is 0.775 bits per heavy atom. The molecule has 0 fully saturated rings. The first-order valence-electron chi connectivity index (χ1n) is 35.3. The molecule has 0 aliphatic rings. The molecule has 0 radical (unpaired) electrons. The van der Waals surface area contributed by atoms with E-state index in [1.165, 1.54) is 231 Å². The Morgan fingerprint density at radius 2 is 0.487 bits per heavy atom. The van der Waals surface area contributed by atoms with Crippen molar-refractivity contribution >= 4 is 17.9 Å². The van der Waals surface area contributed by atoms with Crippen LogP contribution in [0.2, 0.25) is 0 Å². The van der Waals surface area contributed by atoms with Crippen LogP contribution in [0.15, 0.2) is 60.8 Å². The van der Waals surface area contributed by atoms with Gasteiger partial charge in [0.05, 0.1) is 0 Å². The molecule has 0 N–H and O–H groups in total. The smallest absolute Gasteiger partial charge is 0.306 e. The van der Waals surface area contributed by atoms with E-state index in [-0.39, 0.29) is 31.1 Å². The van der Waals surface area contributed by atoms with Crippen LogP contribution in [-0.4, -0.2) is 37.2 Å². The molecule has 0 aromatic heterocycles. The van der Waals surface area contributed by atoms with Crippen molar-refractivity contribution in [2.45, 2.75) is 380 Å². The van der Waals surface area contributed by atoms with E-state index in [1.807, 2.05) is 0 Å². The highest BCUT2D eigenvalue weighted by atomic mass is 16.6. The zero-order chi connectivity index (χ0) is 57.8. The molecule has 6 heteroatoms. The van der Waals surface area contributed by atoms with Gasteiger partial charge in [-0.2, -0.15) is 0 Å². The summed E-state index contributed by atoms with van der Waals surface area (Å²) in [6.45, 7) is 6.55. The fourth-order valence-electron chi connectivity index (χ4n) is 10.5. The second-order valence-electron chi connectivity index (χ2n) is 23.8. The maximum atomic E-state index is 12.9. The van der Waals surface area contributed by atoms with E-state index in [0.717, 1.165) is 103 Å². The highest BCUT2D eigenvalue weighted by Gasteiger charge is 2.19. The second kappa shape index (κ2) is 68.6. The molecular formula is C74H134O6. The van der Waals surface area contributed by atoms with Crippen LogP contribution >= 0.6 is 0 Å². The number of carbonyl (C=O) groups excluding carboxylic acids is 3. The first-order valence-corrected chi connectivity index (χ1v) is 35.3. The number of rotatable bonds is 65. The number of hydrogen-bond acceptors (Lipinski definition) is 6. The minimum Gasteiger partial charge on any atom is -0.462 e. The molecule has 6 nitrogen and oxygen atoms in total. The fraction of sp³-hybridized carbons (Fsp3) is 0.824. The fourth-order valence-corrected chi connectivity index (χ4v) is 10.5. The van der Waals surface area contributed by atoms with Crippen molar-refractivity contribution in [1.29, 1.82) is 0 Å². The highest BCUT2D eigenvalue weighted by Crippen LogP contribution is 2.18. The average Bonchev–Trinajstić information content (AvgIpc) is 3.46. The molecular weight excluding hydrogens is 985 g/mol. The van der Waals surface area contributed by atoms with Crippen LogP contribution in [0.5, 0.6) is 0 Å². The van der Waals surface area contributed by atoms with E-state index in [2.05, 4.69) is 81.5 Å². The first kappa shape index (κ1) is 77.1. The standard InChI is InChI=1S/C74H134O6/c1-4-7-10-13-16-19-22-25-28-31-32-33-34-35-36-37-38-39-40-41-42-44-46-49-52-55-58-61-64-67-73(76)79-70-71(69-78-72(75)66-63-60-57-54-51-48-45-30-27-24-21-18-15-12-9-6-3)80-74(77)68-65-62-59-56-53-50-47-43-29-26-23-20-17-14-11-8-5-2/h8,11,17,20-21,24,26,29-30,45,71H,4-7,9-10,12-16,18-19,22-23,25,27-28,31-44,46-70H2,1-3H3/b11-8-,20-17-,24-21-,29-26-,45-30-. The van der Waals surface area contributed by atoms with Crippen molar-refractivity contribution in [3.63, 3.8) is 0 Å². The number of allylic oxidation sites excluding steroid dienone is 10. The molecule has 0 aromatic rings. The molecule has 0 amide bonds. The van der Waals surface area contributed by atoms with Gasteiger partial charge in [0.1, 0.15) is 13.2 Å². The van der Waals surface area contributed by atoms with Gasteiger partial charge in [0.2, 0.25) is 0 Å². The summed E-state index contributed by atoms with van der Waals surface area (Å²) in [6.07, 6.45) is 88.3. The van der Waals surface area contributed by atoms with Gasteiger partial charge >= 0.3 is 17.9 Å². The van der Waals surface area contributed by atoms with Gasteiger partial charge < -0.3 is 14.2 Å². The van der Waals surface area contributed by atoms with Crippen LogP contribution in [0.3, 0.4) is 0 Å². The summed E-state index contributed by atoms with van der Waals surface area (Å²) >= 11 is 0. The summed E-state index contributed by atoms with van der Waals surface area (Å²) in [5, 5.41) is 0. The van der Waals surface area contributed by atoms with Crippen LogP contribution in [-0.2, 0) is 28.6 Å². The lowest BCUT2D eigenvalue weighted by Crippen LogP contribution is -2.30. The van der Waals surface area contributed by atoms with Crippen LogP contribution in [0.1, 0.15) is 374 Å². The summed E-state index contributed by atoms with van der Waals surface area (Å²) in [6, 6.07) is 0. The Balaban J connectivity index is 4.23. The van der Waals surface area contributed by atoms with Crippen LogP contribution in [0.4, 0.5) is 0 Å². The Kier molecular flexibility index (Phi) is 66.1. The van der Waals surface area contributed by atoms with Crippen molar-refractivity contribution in [3.8, 4) is 0 Å². The lowest BCUT2D eigenvalue weighted by Gasteiger charge is -2.18. The van der Waals surface area contributed by atoms with E-state index < -0.39 is 6.10 Å². The number of esters is 3. The summed E-state index contributed by atoms with van der Waals surface area (Å²) in [5.41, 5.74) is 0. The van der Waals surface area contributed by atoms with Crippen molar-refractivity contribution in [1.82, 2.24) is 0 Å². The molecule has 80 heavy (non-hydrogen) atoms. The van der Waals surface area contributed by atoms with E-state index in [4.69, 9.17) is 14.2 Å². The van der Waals surface area contributed by atoms with E-state index in [0.29, 0.717) is 19.3 Å². The third-order valence-electron chi connectivity index (χ3n) is 15.8. The molecule has 0 rings (SSSR count). The van der Waals surface area contributed by atoms with Gasteiger partial charge in [-0.25, -0.2) is 0 Å². The van der Waals surface area contributed by atoms with Gasteiger partial charge in [-0.15, -0.1) is 0 Å². The van der Waals surface area contributed by atoms with Gasteiger partial charge in [-0.1, -0.05) is 332 Å². The zero-order valence-electron chi connectivity index (χ0n) is 53.6. The predicted molar refractivity (Wildman–Crippen MR) is 348 cm³/mol. The summed E-state index contributed by atoms with van der Waals surface area (Å²) in [4.78, 5) is 38.4. The quantitative estimate of drug-likeness (QED) is 0.0261. The van der Waals surface area contributed by atoms with Crippen molar-refractivity contribution in [3.05, 3.63) is 60.8 Å². The summed E-state index contributed by atoms with van der Waals surface area (Å²) < 4.78 is 17.0. The molecule has 0 aliphatic heterocycles. The molecule has 0 bridgehead atoms. The average molecular weight is 1120 g/mol. The molecule has 0 heterocycles. The molecule has 0 saturated carbocycles. The number of unbranched alkanes of at least 4 members (excludes halogenated alkanes) is 44. The molecule has 0 aromatic carbocycles. The topological polar surface area (TPSA) is 78.9 Å². The lowest BCUT2D eigenvalue weighted by molar-refractivity contribution is -0.167. The minimum atomic E-state index is -0.786. The first-order chi connectivity index (χ1) is 39.5. The van der Waals surface area contributed by atoms with E-state index >= 15 is 0 Å². The third-order valence-corrected chi connectivity index (χ3v) is 15.8. The monoisotopic (exact) mass is 1120 g/mol. The normalized spacial score (nSPS) is 12.4. The Labute approximate surface area is 498 Å². The lowest BCUT2D eigenvalue weighted by atomic mass is 10.0. The van der Waals surface area contributed by atoms with Crippen molar-refractivity contribution in [2.24, 2.45) is 0 Å². The second-order valence-corrected chi connectivity index (χ2v) is 23.8. The van der Waals surface area contributed by atoms with E-state index in [1.54, 1.807) is 0 Å². The van der Waals surface area contributed by atoms with Crippen molar-refractivity contribution in [2.75, 3.05) is 13.2 Å². The van der Waals surface area contributed by atoms with Gasteiger partial charge in [-0.3, -0.25) is 14.4 Å². The summed E-state index contributed by atoms with van der Waals surface area (Å²) in [7, 11) is 0. The molecule has 0 spiro atoms. The van der Waals surface area contributed by atoms with Gasteiger partial charge in [0.15, 0.2) is 6.10 Å². The largest absolute Gasteiger partial charge is 0.462 e.